The predicted molar refractivity (Wildman–Crippen MR) is 79.9 cm³/mol. The highest BCUT2D eigenvalue weighted by Crippen LogP contribution is 2.22. The van der Waals surface area contributed by atoms with Crippen LogP contribution in [0.15, 0.2) is 49.0 Å². The van der Waals surface area contributed by atoms with Gasteiger partial charge in [-0.1, -0.05) is 66.2 Å². The van der Waals surface area contributed by atoms with E-state index in [0.29, 0.717) is 0 Å². The van der Waals surface area contributed by atoms with Crippen molar-refractivity contribution in [2.45, 2.75) is 26.7 Å². The Hall–Kier alpha value is -1.82. The average Bonchev–Trinajstić information content (AvgIpc) is 2.34. The minimum absolute atomic E-state index is 1.19. The SMILES string of the molecule is C=Cc1cccc(C)c1.Cc1ccc2c(c1)CC2. The van der Waals surface area contributed by atoms with Gasteiger partial charge in [-0.3, -0.25) is 0 Å². The van der Waals surface area contributed by atoms with Crippen molar-refractivity contribution >= 4 is 6.08 Å². The number of benzene rings is 2. The van der Waals surface area contributed by atoms with E-state index in [1.165, 1.54) is 29.5 Å². The van der Waals surface area contributed by atoms with Crippen LogP contribution in [0.1, 0.15) is 27.8 Å². The fourth-order valence-corrected chi connectivity index (χ4v) is 2.12. The van der Waals surface area contributed by atoms with Crippen molar-refractivity contribution in [2.24, 2.45) is 0 Å². The lowest BCUT2D eigenvalue weighted by Crippen LogP contribution is -2.07. The van der Waals surface area contributed by atoms with Gasteiger partial charge in [-0.05, 0) is 43.4 Å². The van der Waals surface area contributed by atoms with E-state index >= 15 is 0 Å². The van der Waals surface area contributed by atoms with Gasteiger partial charge in [-0.25, -0.2) is 0 Å². The molecule has 0 saturated heterocycles. The zero-order valence-electron chi connectivity index (χ0n) is 11.2. The summed E-state index contributed by atoms with van der Waals surface area (Å²) in [5.41, 5.74) is 6.99. The molecule has 0 saturated carbocycles. The van der Waals surface area contributed by atoms with Gasteiger partial charge in [-0.2, -0.15) is 0 Å². The molecular weight excluding hydrogens is 216 g/mol. The molecule has 92 valence electrons. The fraction of sp³-hybridized carbons (Fsp3) is 0.222. The van der Waals surface area contributed by atoms with Crippen molar-refractivity contribution in [2.75, 3.05) is 0 Å². The Morgan fingerprint density at radius 2 is 1.61 bits per heavy atom. The highest BCUT2D eigenvalue weighted by atomic mass is 14.2. The van der Waals surface area contributed by atoms with E-state index in [2.05, 4.69) is 50.8 Å². The molecule has 0 bridgehead atoms. The maximum absolute atomic E-state index is 3.67. The summed E-state index contributed by atoms with van der Waals surface area (Å²) in [6.07, 6.45) is 4.46. The van der Waals surface area contributed by atoms with Crippen molar-refractivity contribution in [3.8, 4) is 0 Å². The summed E-state index contributed by atoms with van der Waals surface area (Å²) in [5.74, 6) is 0. The standard InChI is InChI=1S/2C9H10/c1-7-2-3-8-4-5-9(8)6-7;1-3-9-6-4-5-8(2)7-9/h2-3,6H,4-5H2,1H3;3-7H,1H2,2H3. The Kier molecular flexibility index (Phi) is 3.99. The Labute approximate surface area is 110 Å². The lowest BCUT2D eigenvalue weighted by Gasteiger charge is -2.18. The summed E-state index contributed by atoms with van der Waals surface area (Å²) in [6, 6.07) is 15.0. The van der Waals surface area contributed by atoms with Crippen LogP contribution in [0.25, 0.3) is 6.08 Å². The first-order chi connectivity index (χ1) is 8.69. The lowest BCUT2D eigenvalue weighted by atomic mass is 9.88. The minimum atomic E-state index is 1.19. The summed E-state index contributed by atoms with van der Waals surface area (Å²) >= 11 is 0. The van der Waals surface area contributed by atoms with E-state index in [9.17, 15) is 0 Å². The second-order valence-electron chi connectivity index (χ2n) is 4.89. The maximum Gasteiger partial charge on any atom is -0.0235 e. The van der Waals surface area contributed by atoms with Crippen LogP contribution in [0, 0.1) is 13.8 Å². The van der Waals surface area contributed by atoms with Crippen LogP contribution in [0.4, 0.5) is 0 Å². The van der Waals surface area contributed by atoms with Crippen molar-refractivity contribution in [1.82, 2.24) is 0 Å². The molecule has 1 aliphatic rings. The van der Waals surface area contributed by atoms with E-state index in [-0.39, 0.29) is 0 Å². The van der Waals surface area contributed by atoms with Gasteiger partial charge < -0.3 is 0 Å². The molecule has 0 radical (unpaired) electrons. The first-order valence-corrected chi connectivity index (χ1v) is 6.46. The minimum Gasteiger partial charge on any atom is -0.0985 e. The highest BCUT2D eigenvalue weighted by Gasteiger charge is 2.10. The van der Waals surface area contributed by atoms with E-state index in [1.54, 1.807) is 11.1 Å². The molecule has 1 aliphatic carbocycles. The topological polar surface area (TPSA) is 0 Å². The quantitative estimate of drug-likeness (QED) is 0.671. The smallest absolute Gasteiger partial charge is 0.0235 e. The molecule has 0 aliphatic heterocycles. The molecule has 0 aromatic heterocycles. The van der Waals surface area contributed by atoms with Crippen LogP contribution in [-0.2, 0) is 12.8 Å². The van der Waals surface area contributed by atoms with Gasteiger partial charge >= 0.3 is 0 Å². The van der Waals surface area contributed by atoms with Gasteiger partial charge in [0, 0.05) is 0 Å². The number of aryl methyl sites for hydroxylation is 4. The zero-order valence-corrected chi connectivity index (χ0v) is 11.2. The van der Waals surface area contributed by atoms with Gasteiger partial charge in [0.05, 0.1) is 0 Å². The molecule has 0 spiro atoms. The molecule has 0 fully saturated rings. The van der Waals surface area contributed by atoms with Crippen LogP contribution in [0.5, 0.6) is 0 Å². The van der Waals surface area contributed by atoms with Gasteiger partial charge in [0.2, 0.25) is 0 Å². The van der Waals surface area contributed by atoms with Crippen LogP contribution in [0.2, 0.25) is 0 Å². The van der Waals surface area contributed by atoms with Gasteiger partial charge in [0.25, 0.3) is 0 Å². The Bertz CT molecular complexity index is 550. The van der Waals surface area contributed by atoms with Crippen LogP contribution in [0.3, 0.4) is 0 Å². The first-order valence-electron chi connectivity index (χ1n) is 6.46. The summed E-state index contributed by atoms with van der Waals surface area (Å²) in [5, 5.41) is 0. The number of hydrogen-bond donors (Lipinski definition) is 0. The summed E-state index contributed by atoms with van der Waals surface area (Å²) < 4.78 is 0. The van der Waals surface area contributed by atoms with Crippen LogP contribution < -0.4 is 0 Å². The predicted octanol–water partition coefficient (Wildman–Crippen LogP) is 4.73. The lowest BCUT2D eigenvalue weighted by molar-refractivity contribution is 0.837. The molecule has 2 aromatic carbocycles. The van der Waals surface area contributed by atoms with Crippen LogP contribution in [-0.4, -0.2) is 0 Å². The summed E-state index contributed by atoms with van der Waals surface area (Å²) in [6.45, 7) is 7.90. The molecule has 0 nitrogen and oxygen atoms in total. The van der Waals surface area contributed by atoms with E-state index in [0.717, 1.165) is 0 Å². The summed E-state index contributed by atoms with van der Waals surface area (Å²) in [7, 11) is 0. The Balaban J connectivity index is 0.000000134. The second-order valence-corrected chi connectivity index (χ2v) is 4.89. The molecule has 0 amide bonds. The van der Waals surface area contributed by atoms with Gasteiger partial charge in [-0.15, -0.1) is 0 Å². The van der Waals surface area contributed by atoms with Crippen molar-refractivity contribution < 1.29 is 0 Å². The molecule has 0 heterocycles. The number of rotatable bonds is 1. The van der Waals surface area contributed by atoms with E-state index in [1.807, 2.05) is 18.2 Å². The van der Waals surface area contributed by atoms with E-state index < -0.39 is 0 Å². The maximum atomic E-state index is 3.67. The third-order valence-corrected chi connectivity index (χ3v) is 3.30. The molecule has 2 aromatic rings. The summed E-state index contributed by atoms with van der Waals surface area (Å²) in [4.78, 5) is 0. The largest absolute Gasteiger partial charge is 0.0985 e. The Morgan fingerprint density at radius 1 is 0.889 bits per heavy atom. The van der Waals surface area contributed by atoms with Crippen LogP contribution >= 0.6 is 0 Å². The normalized spacial score (nSPS) is 11.7. The first kappa shape index (κ1) is 12.6. The molecule has 0 unspecified atom stereocenters. The molecule has 0 heteroatoms. The van der Waals surface area contributed by atoms with Gasteiger partial charge in [0.1, 0.15) is 0 Å². The van der Waals surface area contributed by atoms with Crippen molar-refractivity contribution in [3.63, 3.8) is 0 Å². The zero-order chi connectivity index (χ0) is 13.0. The second kappa shape index (κ2) is 5.68. The average molecular weight is 236 g/mol. The molecule has 0 N–H and O–H groups in total. The third kappa shape index (κ3) is 3.10. The van der Waals surface area contributed by atoms with Crippen molar-refractivity contribution in [3.05, 3.63) is 76.9 Å². The monoisotopic (exact) mass is 236 g/mol. The number of fused-ring (bicyclic) bond motifs is 1. The third-order valence-electron chi connectivity index (χ3n) is 3.30. The van der Waals surface area contributed by atoms with Crippen molar-refractivity contribution in [1.29, 1.82) is 0 Å². The molecule has 0 atom stereocenters. The molecule has 18 heavy (non-hydrogen) atoms. The highest BCUT2D eigenvalue weighted by molar-refractivity contribution is 5.47. The number of hydrogen-bond acceptors (Lipinski definition) is 0. The fourth-order valence-electron chi connectivity index (χ4n) is 2.12. The molecular formula is C18H20. The Morgan fingerprint density at radius 3 is 2.06 bits per heavy atom. The van der Waals surface area contributed by atoms with E-state index in [4.69, 9.17) is 0 Å². The molecule has 3 rings (SSSR count). The van der Waals surface area contributed by atoms with Gasteiger partial charge in [0.15, 0.2) is 0 Å².